The van der Waals surface area contributed by atoms with Crippen molar-refractivity contribution in [1.82, 2.24) is 14.9 Å². The number of rotatable bonds is 13. The molecule has 0 spiro atoms. The summed E-state index contributed by atoms with van der Waals surface area (Å²) < 4.78 is 4.17. The molecule has 1 atom stereocenters. The highest BCUT2D eigenvalue weighted by Gasteiger charge is 2.17. The third kappa shape index (κ3) is 7.37. The van der Waals surface area contributed by atoms with Crippen molar-refractivity contribution >= 4 is 11.5 Å². The largest absolute Gasteiger partial charge is 0.309 e. The monoisotopic (exact) mass is 311 g/mol. The predicted molar refractivity (Wildman–Crippen MR) is 92.9 cm³/mol. The second kappa shape index (κ2) is 12.1. The molecule has 0 fully saturated rings. The van der Waals surface area contributed by atoms with E-state index in [2.05, 4.69) is 35.7 Å². The first-order valence-corrected chi connectivity index (χ1v) is 9.65. The minimum absolute atomic E-state index is 0.465. The van der Waals surface area contributed by atoms with Crippen LogP contribution in [0.5, 0.6) is 0 Å². The van der Waals surface area contributed by atoms with Crippen molar-refractivity contribution in [2.45, 2.75) is 91.0 Å². The summed E-state index contributed by atoms with van der Waals surface area (Å²) in [5, 5.41) is 7.94. The second-order valence-electron chi connectivity index (χ2n) is 5.85. The second-order valence-corrected chi connectivity index (χ2v) is 6.64. The van der Waals surface area contributed by atoms with E-state index in [-0.39, 0.29) is 0 Å². The molecule has 0 amide bonds. The molecule has 0 aromatic carbocycles. The molecular formula is C17H33N3S. The van der Waals surface area contributed by atoms with Crippen molar-refractivity contribution in [3.8, 4) is 0 Å². The lowest BCUT2D eigenvalue weighted by Gasteiger charge is -2.17. The molecule has 4 heteroatoms. The van der Waals surface area contributed by atoms with E-state index < -0.39 is 0 Å². The van der Waals surface area contributed by atoms with Gasteiger partial charge in [0.15, 0.2) is 0 Å². The van der Waals surface area contributed by atoms with Gasteiger partial charge in [-0.25, -0.2) is 0 Å². The minimum atomic E-state index is 0.465. The molecule has 122 valence electrons. The standard InChI is InChI=1S/C17H33N3S/c1-4-7-8-9-10-11-12-14-15(18-6-3)17-16(13-5-2)19-20-21-17/h15,18H,4-14H2,1-3H3. The van der Waals surface area contributed by atoms with Crippen molar-refractivity contribution in [3.63, 3.8) is 0 Å². The maximum Gasteiger partial charge on any atom is 0.0803 e. The fourth-order valence-electron chi connectivity index (χ4n) is 2.77. The Morgan fingerprint density at radius 3 is 2.33 bits per heavy atom. The van der Waals surface area contributed by atoms with E-state index in [0.717, 1.165) is 19.4 Å². The maximum atomic E-state index is 4.32. The van der Waals surface area contributed by atoms with Gasteiger partial charge in [-0.2, -0.15) is 0 Å². The Hall–Kier alpha value is -0.480. The van der Waals surface area contributed by atoms with Crippen molar-refractivity contribution in [3.05, 3.63) is 10.6 Å². The van der Waals surface area contributed by atoms with Crippen LogP contribution in [0.15, 0.2) is 0 Å². The maximum absolute atomic E-state index is 4.32. The first-order valence-electron chi connectivity index (χ1n) is 8.87. The van der Waals surface area contributed by atoms with Crippen LogP contribution in [0.2, 0.25) is 0 Å². The molecule has 0 saturated carbocycles. The Labute approximate surface area is 135 Å². The van der Waals surface area contributed by atoms with E-state index in [0.29, 0.717) is 6.04 Å². The van der Waals surface area contributed by atoms with Crippen LogP contribution in [0.4, 0.5) is 0 Å². The number of aromatic nitrogens is 2. The highest BCUT2D eigenvalue weighted by atomic mass is 32.1. The zero-order valence-corrected chi connectivity index (χ0v) is 15.0. The average molecular weight is 312 g/mol. The van der Waals surface area contributed by atoms with Gasteiger partial charge in [0, 0.05) is 6.04 Å². The Kier molecular flexibility index (Phi) is 10.7. The summed E-state index contributed by atoms with van der Waals surface area (Å²) >= 11 is 1.59. The lowest BCUT2D eigenvalue weighted by molar-refractivity contribution is 0.477. The van der Waals surface area contributed by atoms with E-state index in [1.54, 1.807) is 11.5 Å². The van der Waals surface area contributed by atoms with Crippen LogP contribution >= 0.6 is 11.5 Å². The van der Waals surface area contributed by atoms with E-state index in [1.807, 2.05) is 0 Å². The van der Waals surface area contributed by atoms with Crippen LogP contribution in [0.3, 0.4) is 0 Å². The topological polar surface area (TPSA) is 37.8 Å². The van der Waals surface area contributed by atoms with Crippen LogP contribution in [0.25, 0.3) is 0 Å². The normalized spacial score (nSPS) is 12.7. The summed E-state index contributed by atoms with van der Waals surface area (Å²) in [5.41, 5.74) is 1.22. The number of nitrogens with one attached hydrogen (secondary N) is 1. The number of hydrogen-bond acceptors (Lipinski definition) is 4. The molecule has 0 radical (unpaired) electrons. The number of aryl methyl sites for hydroxylation is 1. The molecule has 1 aromatic heterocycles. The van der Waals surface area contributed by atoms with Crippen LogP contribution < -0.4 is 5.32 Å². The summed E-state index contributed by atoms with van der Waals surface area (Å²) in [6.07, 6.45) is 13.0. The Bertz CT molecular complexity index is 352. The molecular weight excluding hydrogens is 278 g/mol. The van der Waals surface area contributed by atoms with Gasteiger partial charge in [-0.15, -0.1) is 5.10 Å². The van der Waals surface area contributed by atoms with Crippen LogP contribution in [0, 0.1) is 0 Å². The third-order valence-corrected chi connectivity index (χ3v) is 4.82. The highest BCUT2D eigenvalue weighted by Crippen LogP contribution is 2.26. The van der Waals surface area contributed by atoms with Crippen LogP contribution in [-0.4, -0.2) is 16.1 Å². The zero-order chi connectivity index (χ0) is 15.3. The highest BCUT2D eigenvalue weighted by molar-refractivity contribution is 7.05. The molecule has 0 aliphatic carbocycles. The van der Waals surface area contributed by atoms with Gasteiger partial charge in [0.25, 0.3) is 0 Å². The van der Waals surface area contributed by atoms with E-state index in [1.165, 1.54) is 61.9 Å². The van der Waals surface area contributed by atoms with Gasteiger partial charge in [0.05, 0.1) is 10.6 Å². The van der Waals surface area contributed by atoms with Gasteiger partial charge in [-0.3, -0.25) is 0 Å². The molecule has 0 aliphatic heterocycles. The van der Waals surface area contributed by atoms with Gasteiger partial charge >= 0.3 is 0 Å². The smallest absolute Gasteiger partial charge is 0.0803 e. The molecule has 1 aromatic rings. The molecule has 0 bridgehead atoms. The van der Waals surface area contributed by atoms with Crippen molar-refractivity contribution in [2.24, 2.45) is 0 Å². The number of unbranched alkanes of at least 4 members (excludes halogenated alkanes) is 6. The quantitative estimate of drug-likeness (QED) is 0.503. The molecule has 1 unspecified atom stereocenters. The van der Waals surface area contributed by atoms with E-state index in [9.17, 15) is 0 Å². The van der Waals surface area contributed by atoms with Crippen LogP contribution in [-0.2, 0) is 6.42 Å². The summed E-state index contributed by atoms with van der Waals surface area (Å²) in [7, 11) is 0. The fourth-order valence-corrected chi connectivity index (χ4v) is 3.57. The minimum Gasteiger partial charge on any atom is -0.309 e. The van der Waals surface area contributed by atoms with Gasteiger partial charge in [-0.05, 0) is 30.9 Å². The first kappa shape index (κ1) is 18.6. The summed E-state index contributed by atoms with van der Waals surface area (Å²) in [6.45, 7) is 7.69. The zero-order valence-electron chi connectivity index (χ0n) is 14.2. The van der Waals surface area contributed by atoms with E-state index in [4.69, 9.17) is 0 Å². The molecule has 1 N–H and O–H groups in total. The third-order valence-electron chi connectivity index (χ3n) is 3.94. The summed E-state index contributed by atoms with van der Waals surface area (Å²) in [6, 6.07) is 0.465. The summed E-state index contributed by atoms with van der Waals surface area (Å²) in [5.74, 6) is 0. The molecule has 0 saturated heterocycles. The molecule has 21 heavy (non-hydrogen) atoms. The molecule has 1 heterocycles. The SMILES string of the molecule is CCCCCCCCCC(NCC)c1snnc1CCC. The van der Waals surface area contributed by atoms with Gasteiger partial charge in [0.2, 0.25) is 0 Å². The first-order chi connectivity index (χ1) is 10.3. The number of hydrogen-bond donors (Lipinski definition) is 1. The predicted octanol–water partition coefficient (Wildman–Crippen LogP) is 5.28. The van der Waals surface area contributed by atoms with Gasteiger partial charge in [0.1, 0.15) is 0 Å². The average Bonchev–Trinajstić information content (AvgIpc) is 2.94. The molecule has 0 aliphatic rings. The Morgan fingerprint density at radius 1 is 0.952 bits per heavy atom. The lowest BCUT2D eigenvalue weighted by Crippen LogP contribution is -2.21. The summed E-state index contributed by atoms with van der Waals surface area (Å²) in [4.78, 5) is 1.38. The van der Waals surface area contributed by atoms with Crippen molar-refractivity contribution in [1.29, 1.82) is 0 Å². The van der Waals surface area contributed by atoms with E-state index >= 15 is 0 Å². The van der Waals surface area contributed by atoms with Crippen LogP contribution in [0.1, 0.15) is 95.2 Å². The number of nitrogens with zero attached hydrogens (tertiary/aromatic N) is 2. The van der Waals surface area contributed by atoms with Crippen molar-refractivity contribution in [2.75, 3.05) is 6.54 Å². The van der Waals surface area contributed by atoms with Gasteiger partial charge in [-0.1, -0.05) is 76.6 Å². The van der Waals surface area contributed by atoms with Gasteiger partial charge < -0.3 is 5.32 Å². The Morgan fingerprint density at radius 2 is 1.67 bits per heavy atom. The van der Waals surface area contributed by atoms with Crippen molar-refractivity contribution < 1.29 is 0 Å². The lowest BCUT2D eigenvalue weighted by atomic mass is 10.0. The molecule has 3 nitrogen and oxygen atoms in total. The Balaban J connectivity index is 2.34. The molecule has 1 rings (SSSR count). The fraction of sp³-hybridized carbons (Fsp3) is 0.882.